The first-order chi connectivity index (χ1) is 12.5. The predicted molar refractivity (Wildman–Crippen MR) is 104 cm³/mol. The Labute approximate surface area is 156 Å². The smallest absolute Gasteiger partial charge is 0.304 e. The van der Waals surface area contributed by atoms with Crippen LogP contribution in [0.1, 0.15) is 58.9 Å². The van der Waals surface area contributed by atoms with Gasteiger partial charge in [-0.05, 0) is 24.3 Å². The van der Waals surface area contributed by atoms with E-state index in [1.54, 1.807) is 0 Å². The third-order valence-corrected chi connectivity index (χ3v) is 3.92. The second-order valence-corrected chi connectivity index (χ2v) is 6.09. The summed E-state index contributed by atoms with van der Waals surface area (Å²) in [4.78, 5) is 17.2. The lowest BCUT2D eigenvalue weighted by Gasteiger charge is -2.27. The molecule has 0 aliphatic heterocycles. The van der Waals surface area contributed by atoms with Crippen molar-refractivity contribution < 1.29 is 14.4 Å². The Morgan fingerprint density at radius 2 is 1.96 bits per heavy atom. The Hall–Kier alpha value is -2.32. The first-order valence-corrected chi connectivity index (χ1v) is 9.18. The van der Waals surface area contributed by atoms with Crippen LogP contribution in [0.5, 0.6) is 0 Å². The molecule has 2 N–H and O–H groups in total. The number of rotatable bonds is 9. The van der Waals surface area contributed by atoms with Crippen LogP contribution in [0.25, 0.3) is 0 Å². The third kappa shape index (κ3) is 6.89. The molecule has 0 bridgehead atoms. The number of carbonyl (C=O) groups is 1. The van der Waals surface area contributed by atoms with Gasteiger partial charge in [0.05, 0.1) is 6.04 Å². The highest BCUT2D eigenvalue weighted by atomic mass is 16.6. The standard InChI is InChI=1S/C21H30N2O3/c1-5-11-19(22)14-15-21(7-3,26-17(4)24)20(6-2)23-25-16-18-12-9-8-10-13-18/h8-10,12-13,19H,5-7,11,16,22H2,1-4H3/b23-20+. The summed E-state index contributed by atoms with van der Waals surface area (Å²) in [6, 6.07) is 9.50. The molecule has 0 amide bonds. The summed E-state index contributed by atoms with van der Waals surface area (Å²) < 4.78 is 5.59. The Kier molecular flexibility index (Phi) is 9.46. The Bertz CT molecular complexity index is 646. The summed E-state index contributed by atoms with van der Waals surface area (Å²) in [7, 11) is 0. The van der Waals surface area contributed by atoms with Gasteiger partial charge in [-0.15, -0.1) is 0 Å². The predicted octanol–water partition coefficient (Wildman–Crippen LogP) is 3.81. The Morgan fingerprint density at radius 1 is 1.27 bits per heavy atom. The molecular weight excluding hydrogens is 328 g/mol. The summed E-state index contributed by atoms with van der Waals surface area (Å²) in [5.74, 6) is 5.68. The number of hydrogen-bond acceptors (Lipinski definition) is 5. The quantitative estimate of drug-likeness (QED) is 0.315. The molecule has 0 heterocycles. The number of esters is 1. The summed E-state index contributed by atoms with van der Waals surface area (Å²) in [5, 5.41) is 4.25. The van der Waals surface area contributed by atoms with E-state index >= 15 is 0 Å². The summed E-state index contributed by atoms with van der Waals surface area (Å²) in [5.41, 5.74) is 6.50. The first-order valence-electron chi connectivity index (χ1n) is 9.18. The SMILES string of the molecule is CCCC(N)C#CC(CC)(OC(C)=O)/C(CC)=N/OCc1ccccc1. The normalized spacial score (nSPS) is 14.6. The average molecular weight is 358 g/mol. The Balaban J connectivity index is 3.06. The van der Waals surface area contributed by atoms with Gasteiger partial charge in [0, 0.05) is 13.3 Å². The van der Waals surface area contributed by atoms with Crippen LogP contribution in [-0.2, 0) is 21.0 Å². The zero-order valence-corrected chi connectivity index (χ0v) is 16.2. The first kappa shape index (κ1) is 21.7. The van der Waals surface area contributed by atoms with Crippen LogP contribution in [0.4, 0.5) is 0 Å². The molecule has 2 unspecified atom stereocenters. The fourth-order valence-electron chi connectivity index (χ4n) is 2.54. The van der Waals surface area contributed by atoms with Gasteiger partial charge in [-0.1, -0.05) is 68.6 Å². The van der Waals surface area contributed by atoms with Crippen molar-refractivity contribution in [3.63, 3.8) is 0 Å². The monoisotopic (exact) mass is 358 g/mol. The van der Waals surface area contributed by atoms with Crippen molar-refractivity contribution >= 4 is 11.7 Å². The molecule has 0 aliphatic rings. The van der Waals surface area contributed by atoms with Crippen LogP contribution in [0.3, 0.4) is 0 Å². The second kappa shape index (κ2) is 11.3. The van der Waals surface area contributed by atoms with Crippen LogP contribution in [0.2, 0.25) is 0 Å². The molecule has 1 rings (SSSR count). The van der Waals surface area contributed by atoms with Crippen LogP contribution in [-0.4, -0.2) is 23.3 Å². The molecule has 5 heteroatoms. The minimum atomic E-state index is -1.11. The number of oxime groups is 1. The van der Waals surface area contributed by atoms with E-state index < -0.39 is 11.6 Å². The highest BCUT2D eigenvalue weighted by Crippen LogP contribution is 2.21. The minimum Gasteiger partial charge on any atom is -0.440 e. The maximum absolute atomic E-state index is 11.7. The van der Waals surface area contributed by atoms with Gasteiger partial charge in [0.15, 0.2) is 0 Å². The van der Waals surface area contributed by atoms with Gasteiger partial charge in [-0.2, -0.15) is 0 Å². The molecule has 142 valence electrons. The van der Waals surface area contributed by atoms with Crippen molar-refractivity contribution in [1.29, 1.82) is 0 Å². The molecular formula is C21H30N2O3. The van der Waals surface area contributed by atoms with Crippen LogP contribution < -0.4 is 5.73 Å². The maximum Gasteiger partial charge on any atom is 0.304 e. The third-order valence-electron chi connectivity index (χ3n) is 3.92. The molecule has 0 aromatic heterocycles. The number of ether oxygens (including phenoxy) is 1. The zero-order chi connectivity index (χ0) is 19.4. The van der Waals surface area contributed by atoms with Gasteiger partial charge in [-0.25, -0.2) is 0 Å². The fraction of sp³-hybridized carbons (Fsp3) is 0.524. The minimum absolute atomic E-state index is 0.259. The van der Waals surface area contributed by atoms with Crippen molar-refractivity contribution in [3.05, 3.63) is 35.9 Å². The lowest BCUT2D eigenvalue weighted by molar-refractivity contribution is -0.147. The Morgan fingerprint density at radius 3 is 2.50 bits per heavy atom. The lowest BCUT2D eigenvalue weighted by Crippen LogP contribution is -2.41. The number of nitrogens with two attached hydrogens (primary N) is 1. The van der Waals surface area contributed by atoms with E-state index in [0.29, 0.717) is 25.2 Å². The van der Waals surface area contributed by atoms with E-state index in [1.807, 2.05) is 44.2 Å². The van der Waals surface area contributed by atoms with Crippen LogP contribution in [0.15, 0.2) is 35.5 Å². The van der Waals surface area contributed by atoms with Gasteiger partial charge in [0.1, 0.15) is 12.3 Å². The molecule has 0 saturated carbocycles. The summed E-state index contributed by atoms with van der Waals surface area (Å²) >= 11 is 0. The van der Waals surface area contributed by atoms with Crippen LogP contribution in [0, 0.1) is 11.8 Å². The molecule has 0 aliphatic carbocycles. The maximum atomic E-state index is 11.7. The zero-order valence-electron chi connectivity index (χ0n) is 16.2. The van der Waals surface area contributed by atoms with Crippen LogP contribution >= 0.6 is 0 Å². The molecule has 0 fully saturated rings. The molecule has 1 aromatic carbocycles. The average Bonchev–Trinajstić information content (AvgIpc) is 2.63. The summed E-state index contributed by atoms with van der Waals surface area (Å²) in [6.07, 6.45) is 2.75. The van der Waals surface area contributed by atoms with Gasteiger partial charge in [0.25, 0.3) is 0 Å². The number of hydrogen-bond donors (Lipinski definition) is 1. The van der Waals surface area contributed by atoms with Crippen molar-refractivity contribution in [3.8, 4) is 11.8 Å². The molecule has 0 spiro atoms. The number of benzene rings is 1. The van der Waals surface area contributed by atoms with Gasteiger partial charge in [0.2, 0.25) is 5.60 Å². The molecule has 1 aromatic rings. The molecule has 0 radical (unpaired) electrons. The highest BCUT2D eigenvalue weighted by molar-refractivity contribution is 5.96. The van der Waals surface area contributed by atoms with Crippen molar-refractivity contribution in [2.24, 2.45) is 10.9 Å². The largest absolute Gasteiger partial charge is 0.440 e. The molecule has 0 saturated heterocycles. The van der Waals surface area contributed by atoms with E-state index in [-0.39, 0.29) is 6.04 Å². The van der Waals surface area contributed by atoms with E-state index in [2.05, 4.69) is 23.9 Å². The highest BCUT2D eigenvalue weighted by Gasteiger charge is 2.36. The van der Waals surface area contributed by atoms with E-state index in [9.17, 15) is 4.79 Å². The van der Waals surface area contributed by atoms with E-state index in [0.717, 1.165) is 18.4 Å². The van der Waals surface area contributed by atoms with Gasteiger partial charge in [-0.3, -0.25) is 4.79 Å². The lowest BCUT2D eigenvalue weighted by atomic mass is 9.92. The van der Waals surface area contributed by atoms with Gasteiger partial charge < -0.3 is 15.3 Å². The summed E-state index contributed by atoms with van der Waals surface area (Å²) in [6.45, 7) is 7.61. The van der Waals surface area contributed by atoms with E-state index in [1.165, 1.54) is 6.92 Å². The molecule has 26 heavy (non-hydrogen) atoms. The van der Waals surface area contributed by atoms with Gasteiger partial charge >= 0.3 is 5.97 Å². The van der Waals surface area contributed by atoms with Crippen molar-refractivity contribution in [2.75, 3.05) is 0 Å². The number of nitrogens with zero attached hydrogens (tertiary/aromatic N) is 1. The fourth-order valence-corrected chi connectivity index (χ4v) is 2.54. The second-order valence-electron chi connectivity index (χ2n) is 6.09. The topological polar surface area (TPSA) is 73.9 Å². The molecule has 5 nitrogen and oxygen atoms in total. The number of carbonyl (C=O) groups excluding carboxylic acids is 1. The van der Waals surface area contributed by atoms with E-state index in [4.69, 9.17) is 15.3 Å². The van der Waals surface area contributed by atoms with Crippen molar-refractivity contribution in [2.45, 2.75) is 71.6 Å². The van der Waals surface area contributed by atoms with Crippen molar-refractivity contribution in [1.82, 2.24) is 0 Å². The molecule has 2 atom stereocenters.